The minimum Gasteiger partial charge on any atom is -0.331 e. The normalized spacial score (nSPS) is 17.9. The molecule has 7 heteroatoms. The molecule has 1 aromatic heterocycles. The molecular weight excluding hydrogens is 278 g/mol. The molecule has 1 aliphatic rings. The number of likely N-dealkylation sites (tertiary alicyclic amines) is 1. The number of hydrazine groups is 1. The Kier molecular flexibility index (Phi) is 4.39. The van der Waals surface area contributed by atoms with E-state index >= 15 is 0 Å². The standard InChI is InChI=1S/C13H17N3O3S/c1-8-5-6-11(20-8)13(19)15-14-12(18)10-4-3-7-16(10)9(2)17/h5-6,10H,3-4,7H2,1-2H3,(H,14,18)(H,15,19)/t10-/m0/s1. The van der Waals surface area contributed by atoms with E-state index in [2.05, 4.69) is 10.9 Å². The first-order valence-electron chi connectivity index (χ1n) is 6.43. The van der Waals surface area contributed by atoms with Crippen LogP contribution in [0.25, 0.3) is 0 Å². The Bertz CT molecular complexity index is 541. The second-order valence-corrected chi connectivity index (χ2v) is 6.01. The minimum atomic E-state index is -0.488. The lowest BCUT2D eigenvalue weighted by Crippen LogP contribution is -2.51. The van der Waals surface area contributed by atoms with Crippen LogP contribution in [0.3, 0.4) is 0 Å². The van der Waals surface area contributed by atoms with Gasteiger partial charge in [-0.25, -0.2) is 0 Å². The van der Waals surface area contributed by atoms with Gasteiger partial charge in [-0.1, -0.05) is 0 Å². The van der Waals surface area contributed by atoms with Gasteiger partial charge in [0.1, 0.15) is 6.04 Å². The zero-order valence-electron chi connectivity index (χ0n) is 11.4. The maximum absolute atomic E-state index is 12.0. The summed E-state index contributed by atoms with van der Waals surface area (Å²) in [5.41, 5.74) is 4.77. The topological polar surface area (TPSA) is 78.5 Å². The number of nitrogens with one attached hydrogen (secondary N) is 2. The van der Waals surface area contributed by atoms with Crippen LogP contribution in [0.4, 0.5) is 0 Å². The summed E-state index contributed by atoms with van der Waals surface area (Å²) in [5, 5.41) is 0. The SMILES string of the molecule is CC(=O)N1CCC[C@H]1C(=O)NNC(=O)c1ccc(C)s1. The van der Waals surface area contributed by atoms with Crippen molar-refractivity contribution in [2.24, 2.45) is 0 Å². The van der Waals surface area contributed by atoms with Gasteiger partial charge in [0.15, 0.2) is 0 Å². The maximum atomic E-state index is 12.0. The molecule has 1 atom stereocenters. The zero-order valence-corrected chi connectivity index (χ0v) is 12.3. The molecule has 1 aromatic rings. The molecule has 2 N–H and O–H groups in total. The highest BCUT2D eigenvalue weighted by Gasteiger charge is 2.32. The van der Waals surface area contributed by atoms with Crippen LogP contribution in [0.2, 0.25) is 0 Å². The molecule has 2 rings (SSSR count). The molecule has 20 heavy (non-hydrogen) atoms. The number of aryl methyl sites for hydroxylation is 1. The third-order valence-electron chi connectivity index (χ3n) is 3.22. The van der Waals surface area contributed by atoms with Crippen molar-refractivity contribution in [2.45, 2.75) is 32.7 Å². The summed E-state index contributed by atoms with van der Waals surface area (Å²) in [7, 11) is 0. The van der Waals surface area contributed by atoms with Gasteiger partial charge >= 0.3 is 0 Å². The predicted octanol–water partition coefficient (Wildman–Crippen LogP) is 0.828. The molecule has 1 fully saturated rings. The van der Waals surface area contributed by atoms with Crippen LogP contribution in [0.15, 0.2) is 12.1 Å². The molecule has 0 unspecified atom stereocenters. The number of nitrogens with zero attached hydrogens (tertiary/aromatic N) is 1. The van der Waals surface area contributed by atoms with Gasteiger partial charge in [0.25, 0.3) is 11.8 Å². The third kappa shape index (κ3) is 3.16. The highest BCUT2D eigenvalue weighted by molar-refractivity contribution is 7.13. The van der Waals surface area contributed by atoms with E-state index in [-0.39, 0.29) is 17.7 Å². The molecule has 0 aromatic carbocycles. The summed E-state index contributed by atoms with van der Waals surface area (Å²) < 4.78 is 0. The molecular formula is C13H17N3O3S. The van der Waals surface area contributed by atoms with Gasteiger partial charge < -0.3 is 4.90 Å². The summed E-state index contributed by atoms with van der Waals surface area (Å²) in [6.45, 7) is 3.94. The van der Waals surface area contributed by atoms with Gasteiger partial charge in [-0.2, -0.15) is 0 Å². The number of hydrogen-bond acceptors (Lipinski definition) is 4. The molecule has 108 valence electrons. The molecule has 0 bridgehead atoms. The zero-order chi connectivity index (χ0) is 14.7. The summed E-state index contributed by atoms with van der Waals surface area (Å²) >= 11 is 1.36. The van der Waals surface area contributed by atoms with Crippen LogP contribution in [0.1, 0.15) is 34.3 Å². The minimum absolute atomic E-state index is 0.122. The van der Waals surface area contributed by atoms with E-state index in [1.54, 1.807) is 6.07 Å². The first kappa shape index (κ1) is 14.5. The summed E-state index contributed by atoms with van der Waals surface area (Å²) in [6, 6.07) is 3.06. The van der Waals surface area contributed by atoms with Crippen molar-refractivity contribution in [3.8, 4) is 0 Å². The van der Waals surface area contributed by atoms with Gasteiger partial charge in [-0.3, -0.25) is 25.2 Å². The average molecular weight is 295 g/mol. The van der Waals surface area contributed by atoms with Crippen molar-refractivity contribution in [1.29, 1.82) is 0 Å². The molecule has 2 heterocycles. The first-order chi connectivity index (χ1) is 9.49. The Balaban J connectivity index is 1.89. The summed E-state index contributed by atoms with van der Waals surface area (Å²) in [6.07, 6.45) is 1.43. The van der Waals surface area contributed by atoms with Crippen LogP contribution in [-0.2, 0) is 9.59 Å². The number of amides is 3. The molecule has 0 radical (unpaired) electrons. The van der Waals surface area contributed by atoms with E-state index < -0.39 is 6.04 Å². The van der Waals surface area contributed by atoms with Crippen LogP contribution in [0.5, 0.6) is 0 Å². The van der Waals surface area contributed by atoms with Gasteiger partial charge in [-0.05, 0) is 31.9 Å². The second-order valence-electron chi connectivity index (χ2n) is 4.72. The number of rotatable bonds is 2. The molecule has 6 nitrogen and oxygen atoms in total. The van der Waals surface area contributed by atoms with Crippen LogP contribution in [-0.4, -0.2) is 35.2 Å². The number of thiophene rings is 1. The lowest BCUT2D eigenvalue weighted by molar-refractivity contribution is -0.137. The smallest absolute Gasteiger partial charge is 0.279 e. The van der Waals surface area contributed by atoms with Crippen LogP contribution < -0.4 is 10.9 Å². The molecule has 1 aliphatic heterocycles. The Hall–Kier alpha value is -1.89. The van der Waals surface area contributed by atoms with E-state index in [0.29, 0.717) is 17.8 Å². The maximum Gasteiger partial charge on any atom is 0.279 e. The van der Waals surface area contributed by atoms with E-state index in [1.165, 1.54) is 23.2 Å². The summed E-state index contributed by atoms with van der Waals surface area (Å²) in [4.78, 5) is 38.3. The monoisotopic (exact) mass is 295 g/mol. The molecule has 0 spiro atoms. The molecule has 0 aliphatic carbocycles. The molecule has 1 saturated heterocycles. The quantitative estimate of drug-likeness (QED) is 0.793. The average Bonchev–Trinajstić information content (AvgIpc) is 3.03. The Morgan fingerprint density at radius 1 is 1.30 bits per heavy atom. The van der Waals surface area contributed by atoms with E-state index in [9.17, 15) is 14.4 Å². The number of hydrogen-bond donors (Lipinski definition) is 2. The van der Waals surface area contributed by atoms with Gasteiger partial charge in [0, 0.05) is 18.3 Å². The van der Waals surface area contributed by atoms with Crippen molar-refractivity contribution >= 4 is 29.1 Å². The second kappa shape index (κ2) is 6.04. The molecule has 0 saturated carbocycles. The fourth-order valence-corrected chi connectivity index (χ4v) is 3.00. The third-order valence-corrected chi connectivity index (χ3v) is 4.22. The van der Waals surface area contributed by atoms with Crippen molar-refractivity contribution in [3.63, 3.8) is 0 Å². The van der Waals surface area contributed by atoms with Crippen molar-refractivity contribution in [2.75, 3.05) is 6.54 Å². The van der Waals surface area contributed by atoms with E-state index in [0.717, 1.165) is 11.3 Å². The summed E-state index contributed by atoms with van der Waals surface area (Å²) in [5.74, 6) is -0.814. The highest BCUT2D eigenvalue weighted by atomic mass is 32.1. The van der Waals surface area contributed by atoms with Crippen molar-refractivity contribution in [3.05, 3.63) is 21.9 Å². The van der Waals surface area contributed by atoms with Crippen LogP contribution >= 0.6 is 11.3 Å². The van der Waals surface area contributed by atoms with Crippen molar-refractivity contribution in [1.82, 2.24) is 15.8 Å². The molecule has 3 amide bonds. The number of carbonyl (C=O) groups excluding carboxylic acids is 3. The Morgan fingerprint density at radius 3 is 2.65 bits per heavy atom. The van der Waals surface area contributed by atoms with Gasteiger partial charge in [0.2, 0.25) is 5.91 Å². The fourth-order valence-electron chi connectivity index (χ4n) is 2.24. The lowest BCUT2D eigenvalue weighted by atomic mass is 10.2. The van der Waals surface area contributed by atoms with E-state index in [1.807, 2.05) is 13.0 Å². The van der Waals surface area contributed by atoms with Crippen LogP contribution in [0, 0.1) is 6.92 Å². The van der Waals surface area contributed by atoms with Gasteiger partial charge in [-0.15, -0.1) is 11.3 Å². The van der Waals surface area contributed by atoms with Gasteiger partial charge in [0.05, 0.1) is 4.88 Å². The first-order valence-corrected chi connectivity index (χ1v) is 7.24. The highest BCUT2D eigenvalue weighted by Crippen LogP contribution is 2.17. The van der Waals surface area contributed by atoms with Crippen molar-refractivity contribution < 1.29 is 14.4 Å². The fraction of sp³-hybridized carbons (Fsp3) is 0.462. The largest absolute Gasteiger partial charge is 0.331 e. The van der Waals surface area contributed by atoms with E-state index in [4.69, 9.17) is 0 Å². The Labute approximate surface area is 121 Å². The number of carbonyl (C=O) groups is 3. The Morgan fingerprint density at radius 2 is 2.05 bits per heavy atom. The lowest BCUT2D eigenvalue weighted by Gasteiger charge is -2.22. The predicted molar refractivity (Wildman–Crippen MR) is 75.1 cm³/mol.